The van der Waals surface area contributed by atoms with Gasteiger partial charge in [0, 0.05) is 12.7 Å². The molecular weight excluding hydrogens is 266 g/mol. The maximum atomic E-state index is 11.9. The van der Waals surface area contributed by atoms with Crippen LogP contribution in [-0.2, 0) is 0 Å². The highest BCUT2D eigenvalue weighted by molar-refractivity contribution is 6.34. The molecule has 0 aliphatic heterocycles. The minimum absolute atomic E-state index is 0.0662. The van der Waals surface area contributed by atoms with Crippen molar-refractivity contribution in [3.63, 3.8) is 0 Å². The fourth-order valence-electron chi connectivity index (χ4n) is 1.66. The van der Waals surface area contributed by atoms with E-state index in [2.05, 4.69) is 20.6 Å². The molecule has 0 saturated carbocycles. The quantitative estimate of drug-likeness (QED) is 0.898. The zero-order valence-corrected chi connectivity index (χ0v) is 11.8. The van der Waals surface area contributed by atoms with E-state index in [1.807, 2.05) is 24.7 Å². The standard InChI is InChI=1S/C12H16ClN5O/c1-7-4-15-18(6-7)8(2)5-14-12(19)11-10(13)9(3)16-17-11/h4,6,8H,5H2,1-3H3,(H,14,19)(H,16,17). The number of halogens is 1. The monoisotopic (exact) mass is 281 g/mol. The van der Waals surface area contributed by atoms with Gasteiger partial charge in [-0.2, -0.15) is 10.2 Å². The topological polar surface area (TPSA) is 75.6 Å². The number of amides is 1. The van der Waals surface area contributed by atoms with Crippen molar-refractivity contribution in [3.8, 4) is 0 Å². The Hall–Kier alpha value is -1.82. The maximum absolute atomic E-state index is 11.9. The lowest BCUT2D eigenvalue weighted by Crippen LogP contribution is -2.30. The number of rotatable bonds is 4. The van der Waals surface area contributed by atoms with Crippen molar-refractivity contribution >= 4 is 17.5 Å². The number of hydrogen-bond donors (Lipinski definition) is 2. The summed E-state index contributed by atoms with van der Waals surface area (Å²) in [5.74, 6) is -0.287. The van der Waals surface area contributed by atoms with Gasteiger partial charge in [-0.15, -0.1) is 0 Å². The summed E-state index contributed by atoms with van der Waals surface area (Å²) < 4.78 is 1.81. The molecule has 0 radical (unpaired) electrons. The first kappa shape index (κ1) is 13.6. The van der Waals surface area contributed by atoms with Crippen LogP contribution in [0, 0.1) is 13.8 Å². The molecule has 19 heavy (non-hydrogen) atoms. The zero-order chi connectivity index (χ0) is 14.0. The van der Waals surface area contributed by atoms with Gasteiger partial charge in [0.05, 0.1) is 23.0 Å². The van der Waals surface area contributed by atoms with Gasteiger partial charge < -0.3 is 5.32 Å². The van der Waals surface area contributed by atoms with E-state index in [0.717, 1.165) is 5.56 Å². The van der Waals surface area contributed by atoms with E-state index >= 15 is 0 Å². The summed E-state index contributed by atoms with van der Waals surface area (Å²) in [5, 5.41) is 13.9. The van der Waals surface area contributed by atoms with Crippen LogP contribution in [0.4, 0.5) is 0 Å². The van der Waals surface area contributed by atoms with Crippen LogP contribution in [0.3, 0.4) is 0 Å². The van der Waals surface area contributed by atoms with Crippen LogP contribution in [0.2, 0.25) is 5.02 Å². The smallest absolute Gasteiger partial charge is 0.273 e. The van der Waals surface area contributed by atoms with Gasteiger partial charge in [-0.3, -0.25) is 14.6 Å². The van der Waals surface area contributed by atoms with Gasteiger partial charge in [-0.05, 0) is 26.3 Å². The Bertz CT molecular complexity index is 589. The van der Waals surface area contributed by atoms with Crippen LogP contribution in [0.1, 0.15) is 34.7 Å². The molecule has 1 atom stereocenters. The largest absolute Gasteiger partial charge is 0.348 e. The molecule has 1 unspecified atom stereocenters. The molecule has 2 heterocycles. The highest BCUT2D eigenvalue weighted by Crippen LogP contribution is 2.16. The average molecular weight is 282 g/mol. The van der Waals surface area contributed by atoms with Gasteiger partial charge in [0.1, 0.15) is 0 Å². The number of H-pyrrole nitrogens is 1. The molecule has 6 nitrogen and oxygen atoms in total. The minimum Gasteiger partial charge on any atom is -0.348 e. The second-order valence-corrected chi connectivity index (χ2v) is 4.95. The fourth-order valence-corrected chi connectivity index (χ4v) is 1.83. The SMILES string of the molecule is Cc1cnn(C(C)CNC(=O)c2n[nH]c(C)c2Cl)c1. The number of hydrogen-bond acceptors (Lipinski definition) is 3. The van der Waals surface area contributed by atoms with Crippen LogP contribution < -0.4 is 5.32 Å². The van der Waals surface area contributed by atoms with Crippen molar-refractivity contribution < 1.29 is 4.79 Å². The van der Waals surface area contributed by atoms with Crippen molar-refractivity contribution in [2.24, 2.45) is 0 Å². The van der Waals surface area contributed by atoms with Gasteiger partial charge in [0.2, 0.25) is 0 Å². The molecule has 0 aromatic carbocycles. The summed E-state index contributed by atoms with van der Waals surface area (Å²) in [4.78, 5) is 11.9. The lowest BCUT2D eigenvalue weighted by atomic mass is 10.3. The van der Waals surface area contributed by atoms with Crippen LogP contribution in [0.25, 0.3) is 0 Å². The molecule has 0 saturated heterocycles. The van der Waals surface area contributed by atoms with Gasteiger partial charge in [0.15, 0.2) is 5.69 Å². The van der Waals surface area contributed by atoms with Gasteiger partial charge >= 0.3 is 0 Å². The number of carbonyl (C=O) groups is 1. The van der Waals surface area contributed by atoms with E-state index in [1.165, 1.54) is 0 Å². The van der Waals surface area contributed by atoms with Crippen molar-refractivity contribution in [3.05, 3.63) is 34.4 Å². The molecule has 0 aliphatic carbocycles. The maximum Gasteiger partial charge on any atom is 0.273 e. The number of aromatic amines is 1. The number of nitrogens with one attached hydrogen (secondary N) is 2. The number of nitrogens with zero attached hydrogens (tertiary/aromatic N) is 3. The lowest BCUT2D eigenvalue weighted by Gasteiger charge is -2.12. The molecular formula is C12H16ClN5O. The van der Waals surface area contributed by atoms with E-state index in [4.69, 9.17) is 11.6 Å². The van der Waals surface area contributed by atoms with Crippen molar-refractivity contribution in [1.82, 2.24) is 25.3 Å². The molecule has 2 N–H and O–H groups in total. The number of aryl methyl sites for hydroxylation is 2. The Balaban J connectivity index is 1.95. The normalized spacial score (nSPS) is 12.4. The second-order valence-electron chi connectivity index (χ2n) is 4.57. The summed E-state index contributed by atoms with van der Waals surface area (Å²) in [7, 11) is 0. The average Bonchev–Trinajstić information content (AvgIpc) is 2.94. The van der Waals surface area contributed by atoms with Crippen molar-refractivity contribution in [2.45, 2.75) is 26.8 Å². The van der Waals surface area contributed by atoms with E-state index in [9.17, 15) is 4.79 Å². The Labute approximate surface area is 116 Å². The summed E-state index contributed by atoms with van der Waals surface area (Å²) in [6.07, 6.45) is 3.72. The number of carbonyl (C=O) groups excluding carboxylic acids is 1. The van der Waals surface area contributed by atoms with Gasteiger partial charge in [-0.1, -0.05) is 11.6 Å². The van der Waals surface area contributed by atoms with Crippen molar-refractivity contribution in [2.75, 3.05) is 6.54 Å². The highest BCUT2D eigenvalue weighted by Gasteiger charge is 2.16. The summed E-state index contributed by atoms with van der Waals surface area (Å²) in [6, 6.07) is 0.0662. The van der Waals surface area contributed by atoms with E-state index in [0.29, 0.717) is 17.3 Å². The Morgan fingerprint density at radius 3 is 2.84 bits per heavy atom. The van der Waals surface area contributed by atoms with E-state index in [1.54, 1.807) is 13.1 Å². The minimum atomic E-state index is -0.287. The van der Waals surface area contributed by atoms with E-state index < -0.39 is 0 Å². The zero-order valence-electron chi connectivity index (χ0n) is 11.1. The molecule has 0 fully saturated rings. The molecule has 0 spiro atoms. The molecule has 102 valence electrons. The summed E-state index contributed by atoms with van der Waals surface area (Å²) in [5.41, 5.74) is 2.00. The van der Waals surface area contributed by atoms with Crippen LogP contribution in [0.15, 0.2) is 12.4 Å². The van der Waals surface area contributed by atoms with Crippen molar-refractivity contribution in [1.29, 1.82) is 0 Å². The first-order valence-electron chi connectivity index (χ1n) is 5.98. The third kappa shape index (κ3) is 2.96. The third-order valence-corrected chi connectivity index (χ3v) is 3.29. The predicted octanol–water partition coefficient (Wildman–Crippen LogP) is 1.87. The molecule has 0 aliphatic rings. The first-order valence-corrected chi connectivity index (χ1v) is 6.36. The van der Waals surface area contributed by atoms with Gasteiger partial charge in [-0.25, -0.2) is 0 Å². The molecule has 2 rings (SSSR count). The van der Waals surface area contributed by atoms with Crippen LogP contribution in [-0.4, -0.2) is 32.4 Å². The molecule has 1 amide bonds. The fraction of sp³-hybridized carbons (Fsp3) is 0.417. The lowest BCUT2D eigenvalue weighted by molar-refractivity contribution is 0.0943. The summed E-state index contributed by atoms with van der Waals surface area (Å²) >= 11 is 5.97. The Morgan fingerprint density at radius 1 is 1.58 bits per heavy atom. The van der Waals surface area contributed by atoms with E-state index in [-0.39, 0.29) is 17.6 Å². The Kier molecular flexibility index (Phi) is 3.90. The second kappa shape index (κ2) is 5.44. The predicted molar refractivity (Wildman–Crippen MR) is 72.3 cm³/mol. The summed E-state index contributed by atoms with van der Waals surface area (Å²) in [6.45, 7) is 6.18. The molecule has 7 heteroatoms. The van der Waals surface area contributed by atoms with Crippen LogP contribution in [0.5, 0.6) is 0 Å². The molecule has 2 aromatic heterocycles. The third-order valence-electron chi connectivity index (χ3n) is 2.83. The number of aromatic nitrogens is 4. The molecule has 0 bridgehead atoms. The molecule has 2 aromatic rings. The van der Waals surface area contributed by atoms with Crippen LogP contribution >= 0.6 is 11.6 Å². The van der Waals surface area contributed by atoms with Gasteiger partial charge in [0.25, 0.3) is 5.91 Å². The first-order chi connectivity index (χ1) is 8.99. The highest BCUT2D eigenvalue weighted by atomic mass is 35.5. The Morgan fingerprint density at radius 2 is 2.32 bits per heavy atom.